The smallest absolute Gasteiger partial charge is 0.269 e. The number of nitrogens with zero attached hydrogens (tertiary/aromatic N) is 2. The van der Waals surface area contributed by atoms with Gasteiger partial charge in [0, 0.05) is 17.0 Å². The van der Waals surface area contributed by atoms with Crippen LogP contribution < -0.4 is 0 Å². The molecule has 0 aromatic heterocycles. The zero-order valence-corrected chi connectivity index (χ0v) is 16.8. The first-order valence-electron chi connectivity index (χ1n) is 9.08. The number of hydrogen-bond donors (Lipinski definition) is 0. The van der Waals surface area contributed by atoms with Gasteiger partial charge in [0.2, 0.25) is 0 Å². The van der Waals surface area contributed by atoms with Crippen molar-refractivity contribution in [3.63, 3.8) is 0 Å². The van der Waals surface area contributed by atoms with Gasteiger partial charge in [0.25, 0.3) is 17.5 Å². The van der Waals surface area contributed by atoms with Crippen molar-refractivity contribution in [1.82, 2.24) is 4.90 Å². The summed E-state index contributed by atoms with van der Waals surface area (Å²) in [7, 11) is 0. The van der Waals surface area contributed by atoms with Gasteiger partial charge in [0.15, 0.2) is 0 Å². The number of hydrogen-bond acceptors (Lipinski definition) is 6. The van der Waals surface area contributed by atoms with Crippen LogP contribution in [0.2, 0.25) is 0 Å². The Labute approximate surface area is 172 Å². The molecule has 8 heteroatoms. The van der Waals surface area contributed by atoms with Crippen molar-refractivity contribution < 1.29 is 19.2 Å². The molecule has 0 bridgehead atoms. The highest BCUT2D eigenvalue weighted by molar-refractivity contribution is 8.04. The van der Waals surface area contributed by atoms with Crippen LogP contribution >= 0.6 is 11.8 Å². The minimum atomic E-state index is -0.505. The average Bonchev–Trinajstić information content (AvgIpc) is 2.93. The molecule has 3 rings (SSSR count). The van der Waals surface area contributed by atoms with Gasteiger partial charge in [-0.2, -0.15) is 0 Å². The highest BCUT2D eigenvalue weighted by Crippen LogP contribution is 2.39. The van der Waals surface area contributed by atoms with Crippen molar-refractivity contribution in [2.45, 2.75) is 24.8 Å². The van der Waals surface area contributed by atoms with E-state index in [-0.39, 0.29) is 36.4 Å². The molecule has 0 N–H and O–H groups in total. The molecular formula is C21H20N2O5S. The number of rotatable bonds is 8. The van der Waals surface area contributed by atoms with Crippen LogP contribution in [0.5, 0.6) is 0 Å². The van der Waals surface area contributed by atoms with Gasteiger partial charge >= 0.3 is 0 Å². The Hall–Kier alpha value is -2.97. The first-order valence-corrected chi connectivity index (χ1v) is 9.90. The SMILES string of the molecule is CC(C)OCCN1C(=O)C(Sc2ccccc2)=C(c2ccc([N+](=O)[O-])cc2)C1=O. The van der Waals surface area contributed by atoms with Crippen LogP contribution in [0.4, 0.5) is 5.69 Å². The number of ether oxygens (including phenoxy) is 1. The second-order valence-electron chi connectivity index (χ2n) is 6.60. The normalized spacial score (nSPS) is 14.2. The molecule has 0 saturated heterocycles. The van der Waals surface area contributed by atoms with E-state index in [1.54, 1.807) is 0 Å². The highest BCUT2D eigenvalue weighted by Gasteiger charge is 2.39. The summed E-state index contributed by atoms with van der Waals surface area (Å²) in [6.45, 7) is 4.15. The molecule has 0 spiro atoms. The second kappa shape index (κ2) is 9.02. The zero-order valence-electron chi connectivity index (χ0n) is 16.0. The number of thioether (sulfide) groups is 1. The van der Waals surface area contributed by atoms with Crippen LogP contribution in [-0.4, -0.2) is 40.9 Å². The molecule has 0 atom stereocenters. The van der Waals surface area contributed by atoms with Crippen molar-refractivity contribution in [3.8, 4) is 0 Å². The maximum Gasteiger partial charge on any atom is 0.269 e. The lowest BCUT2D eigenvalue weighted by Gasteiger charge is -2.16. The molecule has 29 heavy (non-hydrogen) atoms. The van der Waals surface area contributed by atoms with E-state index in [2.05, 4.69) is 0 Å². The van der Waals surface area contributed by atoms with Gasteiger partial charge < -0.3 is 4.74 Å². The van der Waals surface area contributed by atoms with Gasteiger partial charge in [0.05, 0.1) is 34.7 Å². The lowest BCUT2D eigenvalue weighted by molar-refractivity contribution is -0.384. The number of nitro benzene ring substituents is 1. The third kappa shape index (κ3) is 4.72. The molecule has 0 radical (unpaired) electrons. The van der Waals surface area contributed by atoms with Gasteiger partial charge in [-0.3, -0.25) is 24.6 Å². The molecular weight excluding hydrogens is 392 g/mol. The number of imide groups is 1. The Morgan fingerprint density at radius 1 is 1.03 bits per heavy atom. The van der Waals surface area contributed by atoms with E-state index in [4.69, 9.17) is 4.74 Å². The predicted molar refractivity (Wildman–Crippen MR) is 110 cm³/mol. The predicted octanol–water partition coefficient (Wildman–Crippen LogP) is 3.89. The van der Waals surface area contributed by atoms with Crippen molar-refractivity contribution >= 4 is 34.8 Å². The molecule has 2 aromatic carbocycles. The maximum atomic E-state index is 13.1. The summed E-state index contributed by atoms with van der Waals surface area (Å²) in [5.41, 5.74) is 0.647. The third-order valence-corrected chi connectivity index (χ3v) is 5.31. The largest absolute Gasteiger partial charge is 0.377 e. The van der Waals surface area contributed by atoms with E-state index in [0.29, 0.717) is 10.5 Å². The standard InChI is InChI=1S/C21H20N2O5S/c1-14(2)28-13-12-22-20(24)18(15-8-10-16(11-9-15)23(26)27)19(21(22)25)29-17-6-4-3-5-7-17/h3-11,14H,12-13H2,1-2H3. The summed E-state index contributed by atoms with van der Waals surface area (Å²) in [4.78, 5) is 38.8. The monoisotopic (exact) mass is 412 g/mol. The van der Waals surface area contributed by atoms with E-state index in [9.17, 15) is 19.7 Å². The fraction of sp³-hybridized carbons (Fsp3) is 0.238. The summed E-state index contributed by atoms with van der Waals surface area (Å²) >= 11 is 1.21. The molecule has 7 nitrogen and oxygen atoms in total. The van der Waals surface area contributed by atoms with Crippen LogP contribution in [0, 0.1) is 10.1 Å². The minimum Gasteiger partial charge on any atom is -0.377 e. The molecule has 0 saturated carbocycles. The zero-order chi connectivity index (χ0) is 21.0. The summed E-state index contributed by atoms with van der Waals surface area (Å²) in [6.07, 6.45) is -0.0110. The molecule has 1 aliphatic heterocycles. The van der Waals surface area contributed by atoms with Crippen LogP contribution in [0.1, 0.15) is 19.4 Å². The van der Waals surface area contributed by atoms with Crippen LogP contribution in [0.15, 0.2) is 64.4 Å². The van der Waals surface area contributed by atoms with E-state index in [1.165, 1.54) is 40.9 Å². The fourth-order valence-electron chi connectivity index (χ4n) is 2.84. The van der Waals surface area contributed by atoms with Gasteiger partial charge in [-0.1, -0.05) is 30.0 Å². The van der Waals surface area contributed by atoms with E-state index >= 15 is 0 Å². The topological polar surface area (TPSA) is 89.8 Å². The molecule has 0 unspecified atom stereocenters. The third-order valence-electron chi connectivity index (χ3n) is 4.22. The number of nitro groups is 1. The summed E-state index contributed by atoms with van der Waals surface area (Å²) in [5.74, 6) is -0.806. The van der Waals surface area contributed by atoms with Crippen LogP contribution in [-0.2, 0) is 14.3 Å². The Morgan fingerprint density at radius 2 is 1.69 bits per heavy atom. The lowest BCUT2D eigenvalue weighted by atomic mass is 10.1. The average molecular weight is 412 g/mol. The summed E-state index contributed by atoms with van der Waals surface area (Å²) < 4.78 is 5.49. The number of non-ortho nitro benzene ring substituents is 1. The van der Waals surface area contributed by atoms with Crippen molar-refractivity contribution in [2.75, 3.05) is 13.2 Å². The van der Waals surface area contributed by atoms with Crippen molar-refractivity contribution in [2.24, 2.45) is 0 Å². The number of carbonyl (C=O) groups excluding carboxylic acids is 2. The summed E-state index contributed by atoms with van der Waals surface area (Å²) in [5, 5.41) is 10.9. The van der Waals surface area contributed by atoms with Gasteiger partial charge in [-0.15, -0.1) is 0 Å². The van der Waals surface area contributed by atoms with Crippen molar-refractivity contribution in [3.05, 3.63) is 75.2 Å². The molecule has 0 aliphatic carbocycles. The Kier molecular flexibility index (Phi) is 6.46. The number of amides is 2. The number of benzene rings is 2. The maximum absolute atomic E-state index is 13.1. The molecule has 2 aromatic rings. The van der Waals surface area contributed by atoms with E-state index in [1.807, 2.05) is 44.2 Å². The fourth-order valence-corrected chi connectivity index (χ4v) is 3.88. The van der Waals surface area contributed by atoms with Crippen LogP contribution in [0.25, 0.3) is 5.57 Å². The molecule has 1 heterocycles. The Bertz CT molecular complexity index is 955. The minimum absolute atomic E-state index is 0.0110. The first kappa shape index (κ1) is 20.8. The first-order chi connectivity index (χ1) is 13.9. The highest BCUT2D eigenvalue weighted by atomic mass is 32.2. The second-order valence-corrected chi connectivity index (χ2v) is 7.69. The number of carbonyl (C=O) groups is 2. The lowest BCUT2D eigenvalue weighted by Crippen LogP contribution is -2.35. The van der Waals surface area contributed by atoms with Crippen molar-refractivity contribution in [1.29, 1.82) is 0 Å². The van der Waals surface area contributed by atoms with Gasteiger partial charge in [-0.05, 0) is 43.7 Å². The molecule has 2 amide bonds. The quantitative estimate of drug-likeness (QED) is 0.371. The molecule has 150 valence electrons. The Morgan fingerprint density at radius 3 is 2.28 bits per heavy atom. The van der Waals surface area contributed by atoms with E-state index in [0.717, 1.165) is 4.90 Å². The van der Waals surface area contributed by atoms with Crippen LogP contribution in [0.3, 0.4) is 0 Å². The van der Waals surface area contributed by atoms with Gasteiger partial charge in [-0.25, -0.2) is 0 Å². The molecule has 0 fully saturated rings. The van der Waals surface area contributed by atoms with Gasteiger partial charge in [0.1, 0.15) is 0 Å². The summed E-state index contributed by atoms with van der Waals surface area (Å²) in [6, 6.07) is 14.9. The Balaban J connectivity index is 1.96. The van der Waals surface area contributed by atoms with E-state index < -0.39 is 10.8 Å². The molecule has 1 aliphatic rings.